The zero-order chi connectivity index (χ0) is 15.0. The van der Waals surface area contributed by atoms with Crippen molar-refractivity contribution in [1.29, 1.82) is 0 Å². The summed E-state index contributed by atoms with van der Waals surface area (Å²) in [5, 5.41) is 9.44. The maximum atomic E-state index is 12.6. The minimum absolute atomic E-state index is 0.0286. The molecular formula is C14H19N3O4. The second kappa shape index (κ2) is 5.48. The van der Waals surface area contributed by atoms with Crippen molar-refractivity contribution in [3.63, 3.8) is 0 Å². The molecule has 0 radical (unpaired) electrons. The van der Waals surface area contributed by atoms with E-state index in [4.69, 9.17) is 4.74 Å². The maximum Gasteiger partial charge on any atom is 0.314 e. The maximum absolute atomic E-state index is 12.6. The van der Waals surface area contributed by atoms with E-state index in [1.54, 1.807) is 22.8 Å². The molecule has 0 saturated carbocycles. The van der Waals surface area contributed by atoms with Gasteiger partial charge in [0.05, 0.1) is 24.3 Å². The van der Waals surface area contributed by atoms with E-state index in [2.05, 4.69) is 4.98 Å². The van der Waals surface area contributed by atoms with Crippen LogP contribution in [0.2, 0.25) is 0 Å². The van der Waals surface area contributed by atoms with Crippen LogP contribution in [-0.4, -0.2) is 51.2 Å². The standard InChI is InChI=1S/C14H19N3O4/c1-16-8-15-11-7-17(6-10(12(11)16)14(19)20)13(18)9-2-4-21-5-3-9/h8-10H,2-7H2,1H3,(H,19,20)/t10-/m1/s1. The molecular weight excluding hydrogens is 274 g/mol. The van der Waals surface area contributed by atoms with E-state index in [0.29, 0.717) is 44.0 Å². The van der Waals surface area contributed by atoms with Gasteiger partial charge in [0.25, 0.3) is 0 Å². The number of aryl methyl sites for hydroxylation is 1. The van der Waals surface area contributed by atoms with Crippen LogP contribution in [0.5, 0.6) is 0 Å². The molecule has 1 saturated heterocycles. The first-order valence-electron chi connectivity index (χ1n) is 7.17. The summed E-state index contributed by atoms with van der Waals surface area (Å²) in [5.41, 5.74) is 1.40. The van der Waals surface area contributed by atoms with Gasteiger partial charge in [0.15, 0.2) is 0 Å². The van der Waals surface area contributed by atoms with Gasteiger partial charge in [-0.1, -0.05) is 0 Å². The number of aromatic nitrogens is 2. The number of carboxylic acids is 1. The Bertz CT molecular complexity index is 563. The Kier molecular flexibility index (Phi) is 3.67. The Labute approximate surface area is 122 Å². The number of amides is 1. The summed E-state index contributed by atoms with van der Waals surface area (Å²) in [6.45, 7) is 1.82. The Morgan fingerprint density at radius 2 is 2.10 bits per heavy atom. The van der Waals surface area contributed by atoms with Gasteiger partial charge in [-0.3, -0.25) is 9.59 Å². The van der Waals surface area contributed by atoms with E-state index in [1.165, 1.54) is 0 Å². The first-order valence-corrected chi connectivity index (χ1v) is 7.17. The molecule has 1 fully saturated rings. The van der Waals surface area contributed by atoms with Crippen molar-refractivity contribution < 1.29 is 19.4 Å². The van der Waals surface area contributed by atoms with Gasteiger partial charge in [0.1, 0.15) is 5.92 Å². The van der Waals surface area contributed by atoms with Crippen molar-refractivity contribution in [1.82, 2.24) is 14.5 Å². The SMILES string of the molecule is Cn1cnc2c1[C@H](C(=O)O)CN(C(=O)C1CCOCC1)C2. The first-order chi connectivity index (χ1) is 10.1. The average Bonchev–Trinajstić information content (AvgIpc) is 2.88. The number of hydrogen-bond acceptors (Lipinski definition) is 4. The predicted molar refractivity (Wildman–Crippen MR) is 72.5 cm³/mol. The predicted octanol–water partition coefficient (Wildman–Crippen LogP) is 0.357. The van der Waals surface area contributed by atoms with Crippen LogP contribution >= 0.6 is 0 Å². The number of carboxylic acid groups (broad SMARTS) is 1. The highest BCUT2D eigenvalue weighted by molar-refractivity contribution is 5.82. The van der Waals surface area contributed by atoms with E-state index in [-0.39, 0.29) is 18.4 Å². The Morgan fingerprint density at radius 1 is 1.38 bits per heavy atom. The second-order valence-corrected chi connectivity index (χ2v) is 5.68. The van der Waals surface area contributed by atoms with Gasteiger partial charge in [0.2, 0.25) is 5.91 Å². The van der Waals surface area contributed by atoms with E-state index >= 15 is 0 Å². The summed E-state index contributed by atoms with van der Waals surface area (Å²) in [6, 6.07) is 0. The van der Waals surface area contributed by atoms with E-state index in [0.717, 1.165) is 0 Å². The molecule has 7 heteroatoms. The van der Waals surface area contributed by atoms with Crippen LogP contribution in [0.3, 0.4) is 0 Å². The van der Waals surface area contributed by atoms with Crippen molar-refractivity contribution in [2.45, 2.75) is 25.3 Å². The van der Waals surface area contributed by atoms with Crippen molar-refractivity contribution in [3.05, 3.63) is 17.7 Å². The molecule has 0 aliphatic carbocycles. The third-order valence-electron chi connectivity index (χ3n) is 4.32. The van der Waals surface area contributed by atoms with Crippen LogP contribution in [0.25, 0.3) is 0 Å². The Hall–Kier alpha value is -1.89. The van der Waals surface area contributed by atoms with Crippen LogP contribution in [-0.2, 0) is 27.9 Å². The van der Waals surface area contributed by atoms with Gasteiger partial charge in [-0.05, 0) is 12.8 Å². The molecule has 2 aliphatic heterocycles. The van der Waals surface area contributed by atoms with Crippen LogP contribution in [0, 0.1) is 5.92 Å². The summed E-state index contributed by atoms with van der Waals surface area (Å²) in [7, 11) is 1.79. The van der Waals surface area contributed by atoms with Crippen LogP contribution in [0.15, 0.2) is 6.33 Å². The normalized spacial score (nSPS) is 22.9. The molecule has 1 aromatic rings. The number of hydrogen-bond donors (Lipinski definition) is 1. The van der Waals surface area contributed by atoms with Gasteiger partial charge >= 0.3 is 5.97 Å². The Morgan fingerprint density at radius 3 is 2.76 bits per heavy atom. The van der Waals surface area contributed by atoms with Gasteiger partial charge in [-0.25, -0.2) is 4.98 Å². The molecule has 1 atom stereocenters. The largest absolute Gasteiger partial charge is 0.481 e. The molecule has 1 amide bonds. The van der Waals surface area contributed by atoms with Gasteiger partial charge < -0.3 is 19.3 Å². The average molecular weight is 293 g/mol. The molecule has 1 N–H and O–H groups in total. The minimum Gasteiger partial charge on any atom is -0.481 e. The van der Waals surface area contributed by atoms with Gasteiger partial charge in [-0.2, -0.15) is 0 Å². The first kappa shape index (κ1) is 14.1. The smallest absolute Gasteiger partial charge is 0.314 e. The Balaban J connectivity index is 1.82. The summed E-state index contributed by atoms with van der Waals surface area (Å²) in [6.07, 6.45) is 3.04. The van der Waals surface area contributed by atoms with E-state index < -0.39 is 11.9 Å². The molecule has 21 heavy (non-hydrogen) atoms. The fourth-order valence-electron chi connectivity index (χ4n) is 3.17. The molecule has 3 rings (SSSR count). The fraction of sp³-hybridized carbons (Fsp3) is 0.643. The highest BCUT2D eigenvalue weighted by atomic mass is 16.5. The quantitative estimate of drug-likeness (QED) is 0.851. The number of nitrogens with zero attached hydrogens (tertiary/aromatic N) is 3. The lowest BCUT2D eigenvalue weighted by Crippen LogP contribution is -2.44. The van der Waals surface area contributed by atoms with Crippen LogP contribution in [0.1, 0.15) is 30.1 Å². The molecule has 0 unspecified atom stereocenters. The number of ether oxygens (including phenoxy) is 1. The molecule has 7 nitrogen and oxygen atoms in total. The number of rotatable bonds is 2. The number of aliphatic carboxylic acids is 1. The third-order valence-corrected chi connectivity index (χ3v) is 4.32. The summed E-state index contributed by atoms with van der Waals surface area (Å²) < 4.78 is 7.02. The molecule has 3 heterocycles. The monoisotopic (exact) mass is 293 g/mol. The van der Waals surface area contributed by atoms with Crippen LogP contribution < -0.4 is 0 Å². The van der Waals surface area contributed by atoms with E-state index in [1.807, 2.05) is 0 Å². The lowest BCUT2D eigenvalue weighted by atomic mass is 9.94. The molecule has 1 aromatic heterocycles. The molecule has 2 aliphatic rings. The van der Waals surface area contributed by atoms with Gasteiger partial charge in [-0.15, -0.1) is 0 Å². The molecule has 0 bridgehead atoms. The molecule has 114 valence electrons. The summed E-state index contributed by atoms with van der Waals surface area (Å²) in [4.78, 5) is 30.0. The zero-order valence-corrected chi connectivity index (χ0v) is 12.0. The minimum atomic E-state index is -0.913. The highest BCUT2D eigenvalue weighted by Crippen LogP contribution is 2.29. The van der Waals surface area contributed by atoms with E-state index in [9.17, 15) is 14.7 Å². The van der Waals surface area contributed by atoms with Crippen molar-refractivity contribution in [2.24, 2.45) is 13.0 Å². The fourth-order valence-corrected chi connectivity index (χ4v) is 3.17. The summed E-state index contributed by atoms with van der Waals surface area (Å²) in [5.74, 6) is -1.64. The third kappa shape index (κ3) is 2.53. The lowest BCUT2D eigenvalue weighted by Gasteiger charge is -2.34. The molecule has 0 aromatic carbocycles. The van der Waals surface area contributed by atoms with Crippen molar-refractivity contribution in [2.75, 3.05) is 19.8 Å². The highest BCUT2D eigenvalue weighted by Gasteiger charge is 2.37. The number of carbonyl (C=O) groups is 2. The topological polar surface area (TPSA) is 84.7 Å². The van der Waals surface area contributed by atoms with Gasteiger partial charge in [0, 0.05) is 32.7 Å². The van der Waals surface area contributed by atoms with Crippen LogP contribution in [0.4, 0.5) is 0 Å². The number of fused-ring (bicyclic) bond motifs is 1. The second-order valence-electron chi connectivity index (χ2n) is 5.68. The lowest BCUT2D eigenvalue weighted by molar-refractivity contribution is -0.144. The van der Waals surface area contributed by atoms with Crippen molar-refractivity contribution in [3.8, 4) is 0 Å². The number of imidazole rings is 1. The summed E-state index contributed by atoms with van der Waals surface area (Å²) >= 11 is 0. The molecule has 0 spiro atoms. The zero-order valence-electron chi connectivity index (χ0n) is 12.0. The van der Waals surface area contributed by atoms with Crippen molar-refractivity contribution >= 4 is 11.9 Å². The number of carbonyl (C=O) groups excluding carboxylic acids is 1.